The predicted molar refractivity (Wildman–Crippen MR) is 81.4 cm³/mol. The van der Waals surface area contributed by atoms with Gasteiger partial charge in [0, 0.05) is 23.9 Å². The number of alkyl halides is 1. The summed E-state index contributed by atoms with van der Waals surface area (Å²) >= 11 is 2.40. The lowest BCUT2D eigenvalue weighted by atomic mass is 9.87. The van der Waals surface area contributed by atoms with Gasteiger partial charge in [-0.05, 0) is 25.7 Å². The van der Waals surface area contributed by atoms with E-state index in [1.807, 2.05) is 0 Å². The molecule has 2 aliphatic rings. The Morgan fingerprint density at radius 1 is 1.32 bits per heavy atom. The van der Waals surface area contributed by atoms with E-state index < -0.39 is 0 Å². The van der Waals surface area contributed by atoms with Gasteiger partial charge in [0.05, 0.1) is 18.3 Å². The summed E-state index contributed by atoms with van der Waals surface area (Å²) in [6.07, 6.45) is 6.21. The highest BCUT2D eigenvalue weighted by molar-refractivity contribution is 14.1. The van der Waals surface area contributed by atoms with Gasteiger partial charge in [-0.25, -0.2) is 6.57 Å². The zero-order valence-electron chi connectivity index (χ0n) is 11.2. The molecule has 2 fully saturated rings. The van der Waals surface area contributed by atoms with Crippen molar-refractivity contribution in [2.24, 2.45) is 0 Å². The van der Waals surface area contributed by atoms with Gasteiger partial charge < -0.3 is 19.4 Å². The Morgan fingerprint density at radius 2 is 2.16 bits per heavy atom. The summed E-state index contributed by atoms with van der Waals surface area (Å²) in [4.78, 5) is 3.43. The van der Waals surface area contributed by atoms with E-state index >= 15 is 0 Å². The van der Waals surface area contributed by atoms with Crippen LogP contribution in [-0.2, 0) is 9.47 Å². The standard InChI is InChI=1S/C14H22INO3/c1-16-7-6-11-4-5-13-14(10-15,19-11)9-12(18-13)3-2-8-17/h11-13,17H,2-10H2/t11-,12+,13+,14?/m1/s1. The predicted octanol–water partition coefficient (Wildman–Crippen LogP) is 2.58. The lowest BCUT2D eigenvalue weighted by molar-refractivity contribution is -0.152. The van der Waals surface area contributed by atoms with Gasteiger partial charge in [-0.2, -0.15) is 0 Å². The van der Waals surface area contributed by atoms with Crippen molar-refractivity contribution in [2.45, 2.75) is 62.4 Å². The van der Waals surface area contributed by atoms with Crippen LogP contribution in [0.15, 0.2) is 0 Å². The number of nitrogens with zero attached hydrogens (tertiary/aromatic N) is 1. The second-order valence-electron chi connectivity index (χ2n) is 5.50. The van der Waals surface area contributed by atoms with E-state index in [1.165, 1.54) is 0 Å². The third kappa shape index (κ3) is 3.60. The first-order valence-electron chi connectivity index (χ1n) is 7.07. The largest absolute Gasteiger partial charge is 0.396 e. The molecule has 0 aliphatic carbocycles. The summed E-state index contributed by atoms with van der Waals surface area (Å²) in [6, 6.07) is 0. The van der Waals surface area contributed by atoms with Crippen LogP contribution in [0.2, 0.25) is 0 Å². The monoisotopic (exact) mass is 379 g/mol. The van der Waals surface area contributed by atoms with Gasteiger partial charge in [-0.1, -0.05) is 22.6 Å². The van der Waals surface area contributed by atoms with Gasteiger partial charge in [0.25, 0.3) is 0 Å². The molecule has 4 nitrogen and oxygen atoms in total. The van der Waals surface area contributed by atoms with Crippen molar-refractivity contribution in [2.75, 3.05) is 17.6 Å². The molecule has 2 rings (SSSR count). The van der Waals surface area contributed by atoms with Crippen LogP contribution in [-0.4, -0.2) is 46.6 Å². The average Bonchev–Trinajstić information content (AvgIpc) is 2.81. The molecule has 0 radical (unpaired) electrons. The summed E-state index contributed by atoms with van der Waals surface area (Å²) in [7, 11) is 0. The molecular weight excluding hydrogens is 357 g/mol. The number of hydrogen-bond donors (Lipinski definition) is 1. The van der Waals surface area contributed by atoms with Crippen LogP contribution in [0, 0.1) is 6.57 Å². The molecule has 1 N–H and O–H groups in total. The maximum absolute atomic E-state index is 8.93. The summed E-state index contributed by atoms with van der Waals surface area (Å²) in [5.74, 6) is 0. The highest BCUT2D eigenvalue weighted by Gasteiger charge is 2.52. The minimum absolute atomic E-state index is 0.147. The Balaban J connectivity index is 1.95. The normalized spacial score (nSPS) is 37.8. The van der Waals surface area contributed by atoms with Crippen molar-refractivity contribution in [1.29, 1.82) is 0 Å². The molecule has 108 valence electrons. The number of aliphatic hydroxyl groups is 1. The van der Waals surface area contributed by atoms with E-state index in [0.717, 1.165) is 43.0 Å². The molecule has 2 saturated heterocycles. The molecule has 0 saturated carbocycles. The van der Waals surface area contributed by atoms with E-state index in [4.69, 9.17) is 21.2 Å². The lowest BCUT2D eigenvalue weighted by Gasteiger charge is -2.40. The van der Waals surface area contributed by atoms with Crippen LogP contribution in [0.5, 0.6) is 0 Å². The maximum atomic E-state index is 8.93. The van der Waals surface area contributed by atoms with Crippen LogP contribution in [0.1, 0.15) is 38.5 Å². The number of ether oxygens (including phenoxy) is 2. The quantitative estimate of drug-likeness (QED) is 0.438. The molecule has 0 amide bonds. The second kappa shape index (κ2) is 7.21. The number of halogens is 1. The van der Waals surface area contributed by atoms with E-state index in [0.29, 0.717) is 6.54 Å². The van der Waals surface area contributed by atoms with Crippen LogP contribution in [0.25, 0.3) is 4.85 Å². The Labute approximate surface area is 128 Å². The Bertz CT molecular complexity index is 333. The minimum Gasteiger partial charge on any atom is -0.396 e. The molecular formula is C14H22INO3. The number of rotatable bonds is 6. The zero-order valence-corrected chi connectivity index (χ0v) is 13.3. The molecule has 0 spiro atoms. The van der Waals surface area contributed by atoms with E-state index in [9.17, 15) is 0 Å². The Morgan fingerprint density at radius 3 is 2.84 bits per heavy atom. The Hall–Kier alpha value is 0.1000. The molecule has 0 bridgehead atoms. The van der Waals surface area contributed by atoms with Crippen LogP contribution >= 0.6 is 22.6 Å². The highest BCUT2D eigenvalue weighted by atomic mass is 127. The molecule has 2 aliphatic heterocycles. The first-order chi connectivity index (χ1) is 9.24. The number of fused-ring (bicyclic) bond motifs is 1. The van der Waals surface area contributed by atoms with Crippen molar-refractivity contribution in [1.82, 2.24) is 0 Å². The van der Waals surface area contributed by atoms with Gasteiger partial charge in [-0.15, -0.1) is 0 Å². The molecule has 4 atom stereocenters. The third-order valence-corrected chi connectivity index (χ3v) is 5.43. The molecule has 2 heterocycles. The van der Waals surface area contributed by atoms with Crippen molar-refractivity contribution in [3.05, 3.63) is 11.4 Å². The first-order valence-corrected chi connectivity index (χ1v) is 8.60. The van der Waals surface area contributed by atoms with Gasteiger partial charge in [-0.3, -0.25) is 0 Å². The first kappa shape index (κ1) is 15.5. The van der Waals surface area contributed by atoms with Crippen molar-refractivity contribution >= 4 is 22.6 Å². The zero-order chi connectivity index (χ0) is 13.7. The summed E-state index contributed by atoms with van der Waals surface area (Å²) < 4.78 is 13.4. The van der Waals surface area contributed by atoms with Gasteiger partial charge >= 0.3 is 0 Å². The Kier molecular flexibility index (Phi) is 5.87. The molecule has 0 aromatic heterocycles. The number of aliphatic hydroxyl groups excluding tert-OH is 1. The molecule has 19 heavy (non-hydrogen) atoms. The summed E-state index contributed by atoms with van der Waals surface area (Å²) in [6.45, 7) is 7.68. The fraction of sp³-hybridized carbons (Fsp3) is 0.929. The highest BCUT2D eigenvalue weighted by Crippen LogP contribution is 2.44. The van der Waals surface area contributed by atoms with Crippen LogP contribution in [0.4, 0.5) is 0 Å². The van der Waals surface area contributed by atoms with Crippen molar-refractivity contribution in [3.63, 3.8) is 0 Å². The smallest absolute Gasteiger partial charge is 0.217 e. The second-order valence-corrected chi connectivity index (χ2v) is 6.27. The lowest BCUT2D eigenvalue weighted by Crippen LogP contribution is -2.49. The van der Waals surface area contributed by atoms with E-state index in [1.54, 1.807) is 0 Å². The average molecular weight is 379 g/mol. The summed E-state index contributed by atoms with van der Waals surface area (Å²) in [5.41, 5.74) is -0.147. The van der Waals surface area contributed by atoms with E-state index in [-0.39, 0.29) is 30.5 Å². The van der Waals surface area contributed by atoms with E-state index in [2.05, 4.69) is 27.4 Å². The topological polar surface area (TPSA) is 43.0 Å². The number of hydrogen-bond acceptors (Lipinski definition) is 3. The van der Waals surface area contributed by atoms with Crippen LogP contribution < -0.4 is 0 Å². The molecule has 5 heteroatoms. The van der Waals surface area contributed by atoms with Crippen LogP contribution in [0.3, 0.4) is 0 Å². The van der Waals surface area contributed by atoms with Gasteiger partial charge in [0.2, 0.25) is 6.54 Å². The fourth-order valence-electron chi connectivity index (χ4n) is 3.18. The SMILES string of the molecule is [C-]#[N+]CC[C@H]1CC[C@@H]2O[C@@H](CCCO)CC2(CI)O1. The van der Waals surface area contributed by atoms with Crippen molar-refractivity contribution in [3.8, 4) is 0 Å². The molecule has 1 unspecified atom stereocenters. The molecule has 0 aromatic rings. The molecule has 0 aromatic carbocycles. The summed E-state index contributed by atoms with van der Waals surface area (Å²) in [5, 5.41) is 8.93. The fourth-order valence-corrected chi connectivity index (χ4v) is 4.16. The van der Waals surface area contributed by atoms with Crippen molar-refractivity contribution < 1.29 is 14.6 Å². The minimum atomic E-state index is -0.147. The maximum Gasteiger partial charge on any atom is 0.217 e. The van der Waals surface area contributed by atoms with Gasteiger partial charge in [0.15, 0.2) is 0 Å². The third-order valence-electron chi connectivity index (χ3n) is 4.14. The van der Waals surface area contributed by atoms with Gasteiger partial charge in [0.1, 0.15) is 5.60 Å².